The summed E-state index contributed by atoms with van der Waals surface area (Å²) < 4.78 is 32.1. The lowest BCUT2D eigenvalue weighted by Gasteiger charge is -2.34. The van der Waals surface area contributed by atoms with Crippen LogP contribution in [0.4, 0.5) is 11.4 Å². The molecule has 11 nitrogen and oxygen atoms in total. The number of amides is 2. The number of halogens is 1. The number of nitrogens with one attached hydrogen (secondary N) is 1. The molecular formula is C30H35ClN4O7S. The van der Waals surface area contributed by atoms with Gasteiger partial charge >= 0.3 is 0 Å². The Hall–Kier alpha value is -4.16. The Balaban J connectivity index is 2.13. The normalized spacial score (nSPS) is 12.0. The van der Waals surface area contributed by atoms with Gasteiger partial charge in [0.1, 0.15) is 24.0 Å². The number of nitro groups is 1. The number of hydrogen-bond donors (Lipinski definition) is 1. The van der Waals surface area contributed by atoms with Gasteiger partial charge in [0.25, 0.3) is 5.69 Å². The van der Waals surface area contributed by atoms with Gasteiger partial charge in [0, 0.05) is 36.7 Å². The van der Waals surface area contributed by atoms with E-state index in [1.165, 1.54) is 24.1 Å². The van der Waals surface area contributed by atoms with Crippen LogP contribution in [0.5, 0.6) is 5.75 Å². The molecule has 3 aromatic carbocycles. The Kier molecular flexibility index (Phi) is 11.5. The monoisotopic (exact) mass is 630 g/mol. The molecule has 1 atom stereocenters. The van der Waals surface area contributed by atoms with E-state index in [4.69, 9.17) is 16.3 Å². The van der Waals surface area contributed by atoms with Crippen LogP contribution in [0, 0.1) is 16.0 Å². The molecule has 0 heterocycles. The van der Waals surface area contributed by atoms with Crippen molar-refractivity contribution in [1.29, 1.82) is 0 Å². The Morgan fingerprint density at radius 3 is 2.28 bits per heavy atom. The summed E-state index contributed by atoms with van der Waals surface area (Å²) in [6.45, 7) is 3.38. The van der Waals surface area contributed by atoms with Crippen LogP contribution in [0.25, 0.3) is 0 Å². The number of non-ortho nitro benzene ring substituents is 1. The van der Waals surface area contributed by atoms with Crippen molar-refractivity contribution in [3.05, 3.63) is 99.1 Å². The molecule has 2 amide bonds. The van der Waals surface area contributed by atoms with Crippen molar-refractivity contribution < 1.29 is 27.7 Å². The highest BCUT2D eigenvalue weighted by Gasteiger charge is 2.34. The molecule has 0 bridgehead atoms. The number of ether oxygens (including phenoxy) is 1. The van der Waals surface area contributed by atoms with Crippen molar-refractivity contribution >= 4 is 44.8 Å². The van der Waals surface area contributed by atoms with E-state index in [2.05, 4.69) is 5.32 Å². The van der Waals surface area contributed by atoms with Gasteiger partial charge in [-0.3, -0.25) is 24.0 Å². The van der Waals surface area contributed by atoms with Crippen molar-refractivity contribution in [3.8, 4) is 5.75 Å². The molecule has 0 aromatic heterocycles. The number of carbonyl (C=O) groups is 2. The van der Waals surface area contributed by atoms with E-state index in [1.54, 1.807) is 24.3 Å². The van der Waals surface area contributed by atoms with Gasteiger partial charge in [-0.1, -0.05) is 74.0 Å². The van der Waals surface area contributed by atoms with Crippen LogP contribution in [0.15, 0.2) is 72.8 Å². The summed E-state index contributed by atoms with van der Waals surface area (Å²) in [4.78, 5) is 40.0. The second kappa shape index (κ2) is 14.8. The highest BCUT2D eigenvalue weighted by Crippen LogP contribution is 2.34. The van der Waals surface area contributed by atoms with Crippen LogP contribution in [-0.2, 0) is 32.6 Å². The maximum Gasteiger partial charge on any atom is 0.271 e. The highest BCUT2D eigenvalue weighted by molar-refractivity contribution is 7.92. The number of benzene rings is 3. The summed E-state index contributed by atoms with van der Waals surface area (Å²) in [6.07, 6.45) is 1.02. The molecule has 0 aliphatic rings. The van der Waals surface area contributed by atoms with E-state index in [1.807, 2.05) is 44.2 Å². The van der Waals surface area contributed by atoms with Crippen molar-refractivity contribution in [2.75, 3.05) is 30.8 Å². The minimum Gasteiger partial charge on any atom is -0.495 e. The molecule has 0 saturated carbocycles. The summed E-state index contributed by atoms with van der Waals surface area (Å²) in [5.74, 6) is -0.996. The van der Waals surface area contributed by atoms with Crippen molar-refractivity contribution in [2.24, 2.45) is 5.92 Å². The van der Waals surface area contributed by atoms with E-state index in [9.17, 15) is 28.1 Å². The number of nitrogens with zero attached hydrogens (tertiary/aromatic N) is 3. The molecule has 0 aliphatic heterocycles. The van der Waals surface area contributed by atoms with Crippen LogP contribution in [-0.4, -0.2) is 62.6 Å². The van der Waals surface area contributed by atoms with Crippen LogP contribution in [0.1, 0.15) is 25.0 Å². The van der Waals surface area contributed by atoms with Gasteiger partial charge < -0.3 is 15.0 Å². The predicted molar refractivity (Wildman–Crippen MR) is 166 cm³/mol. The van der Waals surface area contributed by atoms with E-state index in [0.717, 1.165) is 22.2 Å². The molecule has 1 N–H and O–H groups in total. The fraction of sp³-hybridized carbons (Fsp3) is 0.333. The first kappa shape index (κ1) is 33.3. The van der Waals surface area contributed by atoms with Gasteiger partial charge in [0.15, 0.2) is 0 Å². The Morgan fingerprint density at radius 1 is 1.05 bits per heavy atom. The van der Waals surface area contributed by atoms with E-state index >= 15 is 0 Å². The molecule has 13 heteroatoms. The molecule has 0 unspecified atom stereocenters. The third-order valence-electron chi connectivity index (χ3n) is 6.58. The van der Waals surface area contributed by atoms with Gasteiger partial charge in [-0.2, -0.15) is 0 Å². The molecular weight excluding hydrogens is 596 g/mol. The molecule has 43 heavy (non-hydrogen) atoms. The SMILES string of the molecule is COc1ccc([N+](=O)[O-])cc1N(CC(=O)N(Cc1ccccc1Cl)[C@@H](Cc1ccccc1)C(=O)NCC(C)C)S(C)(=O)=O. The molecule has 0 spiro atoms. The maximum absolute atomic E-state index is 14.2. The molecule has 0 saturated heterocycles. The first-order valence-electron chi connectivity index (χ1n) is 13.5. The zero-order chi connectivity index (χ0) is 31.7. The van der Waals surface area contributed by atoms with Gasteiger partial charge in [-0.15, -0.1) is 0 Å². The number of carbonyl (C=O) groups excluding carboxylic acids is 2. The zero-order valence-corrected chi connectivity index (χ0v) is 26.0. The maximum atomic E-state index is 14.2. The van der Waals surface area contributed by atoms with E-state index in [-0.39, 0.29) is 36.0 Å². The fourth-order valence-corrected chi connectivity index (χ4v) is 5.41. The number of hydrogen-bond acceptors (Lipinski definition) is 7. The topological polar surface area (TPSA) is 139 Å². The van der Waals surface area contributed by atoms with Crippen molar-refractivity contribution in [2.45, 2.75) is 32.9 Å². The zero-order valence-electron chi connectivity index (χ0n) is 24.4. The summed E-state index contributed by atoms with van der Waals surface area (Å²) in [5, 5.41) is 14.8. The third-order valence-corrected chi connectivity index (χ3v) is 8.07. The fourth-order valence-electron chi connectivity index (χ4n) is 4.37. The Morgan fingerprint density at radius 2 is 1.70 bits per heavy atom. The summed E-state index contributed by atoms with van der Waals surface area (Å²) in [7, 11) is -2.89. The number of nitro benzene ring substituents is 1. The summed E-state index contributed by atoms with van der Waals surface area (Å²) in [6, 6.07) is 18.4. The standard InChI is InChI=1S/C30H35ClN4O7S/c1-21(2)18-32-30(37)27(16-22-10-6-5-7-11-22)33(19-23-12-8-9-13-25(23)31)29(36)20-34(43(4,40)41)26-17-24(35(38)39)14-15-28(26)42-3/h5-15,17,21,27H,16,18-20H2,1-4H3,(H,32,37)/t27-/m0/s1. The number of sulfonamides is 1. The molecule has 3 aromatic rings. The average Bonchev–Trinajstić information content (AvgIpc) is 2.96. The van der Waals surface area contributed by atoms with E-state index < -0.39 is 39.3 Å². The highest BCUT2D eigenvalue weighted by atomic mass is 35.5. The van der Waals surface area contributed by atoms with Crippen LogP contribution < -0.4 is 14.4 Å². The van der Waals surface area contributed by atoms with Crippen LogP contribution in [0.2, 0.25) is 5.02 Å². The van der Waals surface area contributed by atoms with Crippen LogP contribution in [0.3, 0.4) is 0 Å². The second-order valence-corrected chi connectivity index (χ2v) is 12.7. The predicted octanol–water partition coefficient (Wildman–Crippen LogP) is 4.44. The third kappa shape index (κ3) is 9.16. The first-order chi connectivity index (χ1) is 20.3. The Labute approximate surface area is 256 Å². The van der Waals surface area contributed by atoms with E-state index in [0.29, 0.717) is 17.1 Å². The minimum atomic E-state index is -4.17. The van der Waals surface area contributed by atoms with Gasteiger partial charge in [-0.25, -0.2) is 8.42 Å². The van der Waals surface area contributed by atoms with Gasteiger partial charge in [0.05, 0.1) is 18.3 Å². The summed E-state index contributed by atoms with van der Waals surface area (Å²) in [5.41, 5.74) is 0.754. The average molecular weight is 631 g/mol. The molecule has 0 fully saturated rings. The van der Waals surface area contributed by atoms with Crippen molar-refractivity contribution in [3.63, 3.8) is 0 Å². The van der Waals surface area contributed by atoms with Crippen molar-refractivity contribution in [1.82, 2.24) is 10.2 Å². The number of rotatable bonds is 14. The van der Waals surface area contributed by atoms with Crippen LogP contribution >= 0.6 is 11.6 Å². The largest absolute Gasteiger partial charge is 0.495 e. The minimum absolute atomic E-state index is 0.0111. The molecule has 0 aliphatic carbocycles. The summed E-state index contributed by atoms with van der Waals surface area (Å²) >= 11 is 6.46. The molecule has 3 rings (SSSR count). The lowest BCUT2D eigenvalue weighted by atomic mass is 10.0. The second-order valence-electron chi connectivity index (χ2n) is 10.3. The number of methoxy groups -OCH3 is 1. The Bertz CT molecular complexity index is 1550. The molecule has 0 radical (unpaired) electrons. The lowest BCUT2D eigenvalue weighted by Crippen LogP contribution is -2.53. The molecule has 230 valence electrons. The van der Waals surface area contributed by atoms with Gasteiger partial charge in [0.2, 0.25) is 21.8 Å². The quantitative estimate of drug-likeness (QED) is 0.205. The number of anilines is 1. The first-order valence-corrected chi connectivity index (χ1v) is 15.7. The smallest absolute Gasteiger partial charge is 0.271 e. The van der Waals surface area contributed by atoms with Gasteiger partial charge in [-0.05, 0) is 29.2 Å². The lowest BCUT2D eigenvalue weighted by molar-refractivity contribution is -0.384.